The molecule has 3 aromatic carbocycles. The molecule has 0 bridgehead atoms. The van der Waals surface area contributed by atoms with E-state index in [4.69, 9.17) is 25.5 Å². The van der Waals surface area contributed by atoms with Gasteiger partial charge in [0.1, 0.15) is 22.6 Å². The number of ether oxygens (including phenoxy) is 1. The first-order valence-electron chi connectivity index (χ1n) is 17.0. The monoisotopic (exact) mass is 810 g/mol. The maximum atomic E-state index is 15.5. The van der Waals surface area contributed by atoms with Gasteiger partial charge in [-0.15, -0.1) is 11.3 Å². The Morgan fingerprint density at radius 1 is 1.05 bits per heavy atom. The van der Waals surface area contributed by atoms with Crippen LogP contribution in [0, 0.1) is 11.6 Å². The molecule has 3 aliphatic heterocycles. The van der Waals surface area contributed by atoms with Gasteiger partial charge in [-0.25, -0.2) is 23.4 Å². The first kappa shape index (κ1) is 38.1. The van der Waals surface area contributed by atoms with Gasteiger partial charge in [-0.1, -0.05) is 41.9 Å². The number of piperazine rings is 1. The normalized spacial score (nSPS) is 18.8. The standard InChI is InChI=1S/C37H33ClF2N6O7S2/c1-52-36(48)32-29(42-34(35-41-13-16-54-35)43-33(32)26-10-9-23(39)18-27(26)38)21-44-14-15-45-24(19-44)20-46(37(45)49)30-11-7-22(17-28(30)40)8-12-31(47)53-55(50,51)25-5-3-2-4-6-25/h2-7,9-11,13,16-18,24,33H,8,12,14-15,19-21H2,1H3,(H,42,43)/t24-,33-/m0/s1. The van der Waals surface area contributed by atoms with Gasteiger partial charge in [0.15, 0.2) is 10.8 Å². The fraction of sp³-hybridized carbons (Fsp3) is 0.270. The number of thiazole rings is 1. The van der Waals surface area contributed by atoms with Crippen LogP contribution >= 0.6 is 22.9 Å². The summed E-state index contributed by atoms with van der Waals surface area (Å²) < 4.78 is 64.2. The molecule has 2 fully saturated rings. The number of hydrogen-bond acceptors (Lipinski definition) is 12. The number of nitrogens with zero attached hydrogens (tertiary/aromatic N) is 5. The molecule has 18 heteroatoms. The number of anilines is 1. The minimum Gasteiger partial charge on any atom is -0.466 e. The number of amidine groups is 1. The van der Waals surface area contributed by atoms with Gasteiger partial charge in [0.2, 0.25) is 0 Å². The Morgan fingerprint density at radius 2 is 1.85 bits per heavy atom. The smallest absolute Gasteiger partial charge is 0.341 e. The molecular weight excluding hydrogens is 778 g/mol. The highest BCUT2D eigenvalue weighted by molar-refractivity contribution is 7.87. The number of halogens is 3. The van der Waals surface area contributed by atoms with Gasteiger partial charge < -0.3 is 19.1 Å². The van der Waals surface area contributed by atoms with Crippen LogP contribution in [0.4, 0.5) is 19.3 Å². The average molecular weight is 811 g/mol. The van der Waals surface area contributed by atoms with Gasteiger partial charge in [0.05, 0.1) is 30.8 Å². The topological polar surface area (TPSA) is 151 Å². The molecule has 0 unspecified atom stereocenters. The predicted molar refractivity (Wildman–Crippen MR) is 199 cm³/mol. The van der Waals surface area contributed by atoms with Crippen molar-refractivity contribution < 1.29 is 40.5 Å². The number of benzene rings is 3. The lowest BCUT2D eigenvalue weighted by atomic mass is 9.95. The summed E-state index contributed by atoms with van der Waals surface area (Å²) in [7, 11) is -3.02. The van der Waals surface area contributed by atoms with E-state index in [1.807, 2.05) is 0 Å². The van der Waals surface area contributed by atoms with E-state index in [0.29, 0.717) is 47.3 Å². The molecular formula is C37H33ClF2N6O7S2. The Kier molecular flexibility index (Phi) is 11.0. The first-order chi connectivity index (χ1) is 26.4. The largest absolute Gasteiger partial charge is 0.466 e. The number of carbonyl (C=O) groups is 3. The third-order valence-electron chi connectivity index (χ3n) is 9.40. The molecule has 55 heavy (non-hydrogen) atoms. The van der Waals surface area contributed by atoms with Crippen LogP contribution in [0.15, 0.2) is 99.5 Å². The van der Waals surface area contributed by atoms with E-state index in [2.05, 4.69) is 15.2 Å². The molecule has 4 aromatic rings. The average Bonchev–Trinajstić information content (AvgIpc) is 3.82. The minimum absolute atomic E-state index is 0.0125. The second kappa shape index (κ2) is 15.9. The number of fused-ring (bicyclic) bond motifs is 1. The van der Waals surface area contributed by atoms with Gasteiger partial charge in [0.25, 0.3) is 0 Å². The van der Waals surface area contributed by atoms with E-state index in [0.717, 1.165) is 6.07 Å². The number of esters is 1. The summed E-state index contributed by atoms with van der Waals surface area (Å²) in [4.78, 5) is 53.4. The van der Waals surface area contributed by atoms with Crippen LogP contribution in [0.1, 0.15) is 28.6 Å². The number of nitrogens with one attached hydrogen (secondary N) is 1. The zero-order chi connectivity index (χ0) is 38.9. The van der Waals surface area contributed by atoms with E-state index >= 15 is 4.39 Å². The Labute approximate surface area is 323 Å². The van der Waals surface area contributed by atoms with Crippen molar-refractivity contribution >= 4 is 62.5 Å². The van der Waals surface area contributed by atoms with E-state index in [9.17, 15) is 27.2 Å². The fourth-order valence-corrected chi connectivity index (χ4v) is 8.55. The number of urea groups is 1. The van der Waals surface area contributed by atoms with Gasteiger partial charge in [-0.2, -0.15) is 8.42 Å². The van der Waals surface area contributed by atoms with Crippen molar-refractivity contribution in [3.63, 3.8) is 0 Å². The molecule has 0 saturated carbocycles. The summed E-state index contributed by atoms with van der Waals surface area (Å²) >= 11 is 7.82. The number of rotatable bonds is 11. The number of aliphatic imine (C=N–C) groups is 1. The van der Waals surface area contributed by atoms with Gasteiger partial charge in [0, 0.05) is 60.6 Å². The molecule has 0 spiro atoms. The van der Waals surface area contributed by atoms with Crippen molar-refractivity contribution in [2.75, 3.05) is 44.7 Å². The zero-order valence-corrected chi connectivity index (χ0v) is 31.5. The molecule has 0 radical (unpaired) electrons. The summed E-state index contributed by atoms with van der Waals surface area (Å²) in [6.45, 7) is 1.56. The molecule has 3 aliphatic rings. The summed E-state index contributed by atoms with van der Waals surface area (Å²) in [5, 5.41) is 5.71. The SMILES string of the molecule is COC(=O)C1=C(CN2CCN3C(=O)N(c4ccc(CCC(=O)OS(=O)(=O)c5ccccc5)cc4F)C[C@@H]3C2)NC(c2nccs2)=N[C@H]1c1ccc(F)cc1Cl. The quantitative estimate of drug-likeness (QED) is 0.161. The Hall–Kier alpha value is -5.23. The van der Waals surface area contributed by atoms with E-state index < -0.39 is 39.7 Å². The molecule has 4 heterocycles. The minimum atomic E-state index is -4.28. The zero-order valence-electron chi connectivity index (χ0n) is 29.2. The number of hydrogen-bond donors (Lipinski definition) is 1. The summed E-state index contributed by atoms with van der Waals surface area (Å²) in [5.74, 6) is -2.45. The second-order valence-corrected chi connectivity index (χ2v) is 15.7. The molecule has 2 saturated heterocycles. The van der Waals surface area contributed by atoms with E-state index in [1.54, 1.807) is 28.6 Å². The van der Waals surface area contributed by atoms with Crippen LogP contribution < -0.4 is 10.2 Å². The first-order valence-corrected chi connectivity index (χ1v) is 19.7. The molecule has 0 aliphatic carbocycles. The van der Waals surface area contributed by atoms with Crippen LogP contribution in [0.25, 0.3) is 0 Å². The van der Waals surface area contributed by atoms with E-state index in [1.165, 1.54) is 71.9 Å². The fourth-order valence-electron chi connectivity index (χ4n) is 6.78. The molecule has 1 aromatic heterocycles. The van der Waals surface area contributed by atoms with Gasteiger partial charge >= 0.3 is 28.1 Å². The Bertz CT molecular complexity index is 2310. The Balaban J connectivity index is 1.05. The lowest BCUT2D eigenvalue weighted by Gasteiger charge is -2.38. The lowest BCUT2D eigenvalue weighted by Crippen LogP contribution is -2.53. The van der Waals surface area contributed by atoms with Crippen molar-refractivity contribution in [1.82, 2.24) is 20.1 Å². The second-order valence-electron chi connectivity index (χ2n) is 12.9. The molecule has 2 atom stereocenters. The van der Waals surface area contributed by atoms with Crippen LogP contribution in [-0.2, 0) is 35.0 Å². The van der Waals surface area contributed by atoms with Crippen LogP contribution in [0.2, 0.25) is 5.02 Å². The highest BCUT2D eigenvalue weighted by Crippen LogP contribution is 2.37. The number of aromatic nitrogens is 1. The molecule has 286 valence electrons. The summed E-state index contributed by atoms with van der Waals surface area (Å²) in [6.07, 6.45) is 1.33. The summed E-state index contributed by atoms with van der Waals surface area (Å²) in [5.41, 5.74) is 1.56. The van der Waals surface area contributed by atoms with Crippen molar-refractivity contribution in [1.29, 1.82) is 0 Å². The number of methoxy groups -OCH3 is 1. The third-order valence-corrected chi connectivity index (χ3v) is 11.8. The maximum absolute atomic E-state index is 15.5. The number of aryl methyl sites for hydroxylation is 1. The van der Waals surface area contributed by atoms with Crippen molar-refractivity contribution in [2.24, 2.45) is 4.99 Å². The molecule has 2 amide bonds. The number of amides is 2. The molecule has 7 rings (SSSR count). The van der Waals surface area contributed by atoms with Gasteiger partial charge in [-0.3, -0.25) is 19.6 Å². The highest BCUT2D eigenvalue weighted by atomic mass is 35.5. The van der Waals surface area contributed by atoms with Crippen LogP contribution in [0.5, 0.6) is 0 Å². The van der Waals surface area contributed by atoms with Crippen molar-refractivity contribution in [2.45, 2.75) is 29.8 Å². The maximum Gasteiger partial charge on any atom is 0.341 e. The third kappa shape index (κ3) is 8.10. The van der Waals surface area contributed by atoms with Gasteiger partial charge in [-0.05, 0) is 48.4 Å². The Morgan fingerprint density at radius 3 is 2.56 bits per heavy atom. The van der Waals surface area contributed by atoms with E-state index in [-0.39, 0.29) is 59.2 Å². The van der Waals surface area contributed by atoms with Crippen molar-refractivity contribution in [3.8, 4) is 0 Å². The van der Waals surface area contributed by atoms with Crippen LogP contribution in [0.3, 0.4) is 0 Å². The lowest BCUT2D eigenvalue weighted by molar-refractivity contribution is -0.136. The number of carbonyl (C=O) groups excluding carboxylic acids is 3. The molecule has 13 nitrogen and oxygen atoms in total. The summed E-state index contributed by atoms with van der Waals surface area (Å²) in [6, 6.07) is 13.8. The van der Waals surface area contributed by atoms with Crippen LogP contribution in [-0.4, -0.2) is 92.9 Å². The molecule has 1 N–H and O–H groups in total. The highest BCUT2D eigenvalue weighted by Gasteiger charge is 2.43. The van der Waals surface area contributed by atoms with Crippen molar-refractivity contribution in [3.05, 3.63) is 122 Å². The predicted octanol–water partition coefficient (Wildman–Crippen LogP) is 5.08.